The smallest absolute Gasteiger partial charge is 0.347 e. The van der Waals surface area contributed by atoms with Gasteiger partial charge in [-0.1, -0.05) is 5.16 Å². The number of benzene rings is 1. The number of ketones is 1. The summed E-state index contributed by atoms with van der Waals surface area (Å²) in [7, 11) is 2.94. The largest absolute Gasteiger partial charge is 0.493 e. The molecule has 0 saturated carbocycles. The standard InChI is InChI=1S/C24H30N4O9/c1-5-34-20(30)14-37-27-21(18-8-9-25-26-18)24(31)28-10-11-35-16(12-28)13-36-22-17(15(2)29)6-7-19(32-3)23(22)33-4/h6-9,16H,5,10-14H2,1-4H3,(H,25,26). The van der Waals surface area contributed by atoms with Crippen LogP contribution in [0.4, 0.5) is 0 Å². The van der Waals surface area contributed by atoms with E-state index in [4.69, 9.17) is 28.5 Å². The molecular formula is C24H30N4O9. The Labute approximate surface area is 213 Å². The summed E-state index contributed by atoms with van der Waals surface area (Å²) in [6, 6.07) is 4.78. The van der Waals surface area contributed by atoms with E-state index in [1.54, 1.807) is 25.1 Å². The first-order chi connectivity index (χ1) is 17.9. The van der Waals surface area contributed by atoms with Crippen molar-refractivity contribution in [1.82, 2.24) is 15.1 Å². The van der Waals surface area contributed by atoms with Crippen LogP contribution in [-0.2, 0) is 23.9 Å². The van der Waals surface area contributed by atoms with Crippen LogP contribution in [0, 0.1) is 0 Å². The second-order valence-electron chi connectivity index (χ2n) is 7.78. The van der Waals surface area contributed by atoms with Crippen LogP contribution < -0.4 is 14.2 Å². The fraction of sp³-hybridized carbons (Fsp3) is 0.458. The van der Waals surface area contributed by atoms with Crippen LogP contribution in [0.25, 0.3) is 0 Å². The summed E-state index contributed by atoms with van der Waals surface area (Å²) in [6.45, 7) is 3.59. The quantitative estimate of drug-likeness (QED) is 0.188. The summed E-state index contributed by atoms with van der Waals surface area (Å²) in [5, 5.41) is 10.4. The monoisotopic (exact) mass is 518 g/mol. The molecule has 1 unspecified atom stereocenters. The Kier molecular flexibility index (Phi) is 9.84. The van der Waals surface area contributed by atoms with Gasteiger partial charge in [-0.25, -0.2) is 4.79 Å². The molecule has 1 aliphatic rings. The average molecular weight is 519 g/mol. The third-order valence-corrected chi connectivity index (χ3v) is 5.32. The van der Waals surface area contributed by atoms with Crippen molar-refractivity contribution in [2.24, 2.45) is 5.16 Å². The number of aromatic amines is 1. The SMILES string of the molecule is CCOC(=O)CON=C(C(=O)N1CCOC(COc2c(C(C)=O)ccc(OC)c2OC)C1)c1ccn[nH]1. The molecule has 1 atom stereocenters. The van der Waals surface area contributed by atoms with E-state index in [9.17, 15) is 14.4 Å². The summed E-state index contributed by atoms with van der Waals surface area (Å²) >= 11 is 0. The van der Waals surface area contributed by atoms with Gasteiger partial charge in [-0.05, 0) is 32.0 Å². The summed E-state index contributed by atoms with van der Waals surface area (Å²) < 4.78 is 27.3. The first kappa shape index (κ1) is 27.5. The highest BCUT2D eigenvalue weighted by Gasteiger charge is 2.30. The zero-order valence-electron chi connectivity index (χ0n) is 21.1. The molecule has 2 heterocycles. The lowest BCUT2D eigenvalue weighted by molar-refractivity contribution is -0.148. The van der Waals surface area contributed by atoms with Crippen LogP contribution >= 0.6 is 0 Å². The van der Waals surface area contributed by atoms with Gasteiger partial charge in [0.05, 0.1) is 45.2 Å². The molecule has 0 bridgehead atoms. The van der Waals surface area contributed by atoms with Gasteiger partial charge in [0.15, 0.2) is 23.0 Å². The number of rotatable bonds is 12. The Hall–Kier alpha value is -4.13. The normalized spacial score (nSPS) is 15.6. The maximum atomic E-state index is 13.3. The van der Waals surface area contributed by atoms with Crippen molar-refractivity contribution in [1.29, 1.82) is 0 Å². The summed E-state index contributed by atoms with van der Waals surface area (Å²) in [6.07, 6.45) is 0.949. The lowest BCUT2D eigenvalue weighted by atomic mass is 10.1. The van der Waals surface area contributed by atoms with Gasteiger partial charge in [0.25, 0.3) is 5.91 Å². The lowest BCUT2D eigenvalue weighted by Gasteiger charge is -2.33. The molecule has 2 aromatic rings. The molecule has 1 saturated heterocycles. The number of ether oxygens (including phenoxy) is 5. The van der Waals surface area contributed by atoms with Crippen molar-refractivity contribution in [3.05, 3.63) is 35.7 Å². The Morgan fingerprint density at radius 3 is 2.65 bits per heavy atom. The number of nitrogens with one attached hydrogen (secondary N) is 1. The predicted molar refractivity (Wildman–Crippen MR) is 129 cm³/mol. The Morgan fingerprint density at radius 2 is 2.00 bits per heavy atom. The van der Waals surface area contributed by atoms with Crippen molar-refractivity contribution in [2.75, 3.05) is 53.7 Å². The van der Waals surface area contributed by atoms with Crippen molar-refractivity contribution in [2.45, 2.75) is 20.0 Å². The molecule has 200 valence electrons. The van der Waals surface area contributed by atoms with Crippen molar-refractivity contribution in [3.63, 3.8) is 0 Å². The maximum absolute atomic E-state index is 13.3. The number of hydrogen-bond acceptors (Lipinski definition) is 11. The topological polar surface area (TPSA) is 151 Å². The zero-order valence-corrected chi connectivity index (χ0v) is 21.1. The number of aromatic nitrogens is 2. The molecule has 0 radical (unpaired) electrons. The van der Waals surface area contributed by atoms with E-state index in [2.05, 4.69) is 15.4 Å². The van der Waals surface area contributed by atoms with Crippen LogP contribution in [0.2, 0.25) is 0 Å². The fourth-order valence-corrected chi connectivity index (χ4v) is 3.59. The van der Waals surface area contributed by atoms with Crippen LogP contribution in [0.3, 0.4) is 0 Å². The van der Waals surface area contributed by atoms with Crippen LogP contribution in [0.1, 0.15) is 29.9 Å². The van der Waals surface area contributed by atoms with Gasteiger partial charge in [0, 0.05) is 12.7 Å². The minimum absolute atomic E-state index is 0.0312. The predicted octanol–water partition coefficient (Wildman–Crippen LogP) is 1.22. The first-order valence-electron chi connectivity index (χ1n) is 11.5. The molecule has 13 nitrogen and oxygen atoms in total. The molecule has 1 fully saturated rings. The Morgan fingerprint density at radius 1 is 1.19 bits per heavy atom. The lowest BCUT2D eigenvalue weighted by Crippen LogP contribution is -2.50. The summed E-state index contributed by atoms with van der Waals surface area (Å²) in [4.78, 5) is 43.6. The van der Waals surface area contributed by atoms with Crippen LogP contribution in [-0.4, -0.2) is 98.3 Å². The molecule has 0 spiro atoms. The number of morpholine rings is 1. The number of oxime groups is 1. The first-order valence-corrected chi connectivity index (χ1v) is 11.5. The third-order valence-electron chi connectivity index (χ3n) is 5.32. The molecule has 1 N–H and O–H groups in total. The van der Waals surface area contributed by atoms with E-state index in [0.29, 0.717) is 23.6 Å². The van der Waals surface area contributed by atoms with Gasteiger partial charge < -0.3 is 33.4 Å². The van der Waals surface area contributed by atoms with Crippen LogP contribution in [0.15, 0.2) is 29.6 Å². The number of hydrogen-bond donors (Lipinski definition) is 1. The molecule has 1 aromatic heterocycles. The minimum atomic E-state index is -0.607. The molecular weight excluding hydrogens is 488 g/mol. The summed E-state index contributed by atoms with van der Waals surface area (Å²) in [5.41, 5.74) is 0.589. The van der Waals surface area contributed by atoms with Crippen molar-refractivity contribution < 1.29 is 42.9 Å². The second-order valence-corrected chi connectivity index (χ2v) is 7.78. The van der Waals surface area contributed by atoms with E-state index < -0.39 is 24.6 Å². The van der Waals surface area contributed by atoms with E-state index in [1.165, 1.54) is 32.2 Å². The molecule has 3 rings (SSSR count). The third kappa shape index (κ3) is 6.97. The van der Waals surface area contributed by atoms with E-state index in [-0.39, 0.29) is 49.4 Å². The molecule has 1 amide bonds. The Balaban J connectivity index is 1.72. The number of amides is 1. The highest BCUT2D eigenvalue weighted by Crippen LogP contribution is 2.40. The van der Waals surface area contributed by atoms with Gasteiger partial charge in [0.2, 0.25) is 12.4 Å². The molecule has 37 heavy (non-hydrogen) atoms. The van der Waals surface area contributed by atoms with E-state index in [1.807, 2.05) is 0 Å². The number of esters is 1. The second kappa shape index (κ2) is 13.3. The number of nitrogens with zero attached hydrogens (tertiary/aromatic N) is 3. The number of carbonyl (C=O) groups is 3. The Bertz CT molecular complexity index is 1120. The van der Waals surface area contributed by atoms with E-state index >= 15 is 0 Å². The molecule has 1 aromatic carbocycles. The highest BCUT2D eigenvalue weighted by molar-refractivity contribution is 6.44. The zero-order chi connectivity index (χ0) is 26.8. The number of Topliss-reactive ketones (excluding diaryl/α,β-unsaturated/α-hetero) is 1. The van der Waals surface area contributed by atoms with Crippen molar-refractivity contribution in [3.8, 4) is 17.2 Å². The number of carbonyl (C=O) groups excluding carboxylic acids is 3. The molecule has 1 aliphatic heterocycles. The van der Waals surface area contributed by atoms with Crippen LogP contribution in [0.5, 0.6) is 17.2 Å². The molecule has 13 heteroatoms. The molecule has 0 aliphatic carbocycles. The van der Waals surface area contributed by atoms with Gasteiger partial charge in [-0.3, -0.25) is 14.7 Å². The minimum Gasteiger partial charge on any atom is -0.493 e. The van der Waals surface area contributed by atoms with Crippen molar-refractivity contribution >= 4 is 23.4 Å². The fourth-order valence-electron chi connectivity index (χ4n) is 3.59. The van der Waals surface area contributed by atoms with Gasteiger partial charge in [-0.15, -0.1) is 0 Å². The number of methoxy groups -OCH3 is 2. The summed E-state index contributed by atoms with van der Waals surface area (Å²) in [5.74, 6) is -0.346. The maximum Gasteiger partial charge on any atom is 0.347 e. The van der Waals surface area contributed by atoms with Gasteiger partial charge in [0.1, 0.15) is 12.7 Å². The number of H-pyrrole nitrogens is 1. The van der Waals surface area contributed by atoms with Gasteiger partial charge >= 0.3 is 5.97 Å². The van der Waals surface area contributed by atoms with Gasteiger partial charge in [-0.2, -0.15) is 5.10 Å². The highest BCUT2D eigenvalue weighted by atomic mass is 16.7. The average Bonchev–Trinajstić information content (AvgIpc) is 3.43. The van der Waals surface area contributed by atoms with E-state index in [0.717, 1.165) is 0 Å².